The van der Waals surface area contributed by atoms with Crippen LogP contribution in [0.15, 0.2) is 72.8 Å². The van der Waals surface area contributed by atoms with Crippen molar-refractivity contribution in [2.75, 3.05) is 0 Å². The van der Waals surface area contributed by atoms with Gasteiger partial charge >= 0.3 is 0 Å². The van der Waals surface area contributed by atoms with Crippen molar-refractivity contribution in [3.63, 3.8) is 0 Å². The van der Waals surface area contributed by atoms with E-state index < -0.39 is 0 Å². The van der Waals surface area contributed by atoms with Crippen LogP contribution in [-0.4, -0.2) is 0 Å². The first-order valence-corrected chi connectivity index (χ1v) is 9.23. The zero-order valence-corrected chi connectivity index (χ0v) is 17.3. The van der Waals surface area contributed by atoms with Gasteiger partial charge in [-0.1, -0.05) is 80.1 Å². The first kappa shape index (κ1) is 23.6. The normalized spacial score (nSPS) is 9.38. The average molecular weight is 353 g/mol. The topological polar surface area (TPSA) is 0 Å². The Hall–Kier alpha value is -2.41. The summed E-state index contributed by atoms with van der Waals surface area (Å²) in [6, 6.07) is 19.7. The molecule has 0 aromatic heterocycles. The molecule has 3 aromatic carbocycles. The highest BCUT2D eigenvalue weighted by Gasteiger charge is 1.92. The molecule has 3 aromatic rings. The van der Waals surface area contributed by atoms with E-state index in [1.807, 2.05) is 53.7 Å². The molecule has 0 radical (unpaired) electrons. The highest BCUT2D eigenvalue weighted by atomic mass is 19.1. The summed E-state index contributed by atoms with van der Waals surface area (Å²) >= 11 is 0. The molecule has 26 heavy (non-hydrogen) atoms. The summed E-state index contributed by atoms with van der Waals surface area (Å²) in [6.07, 6.45) is 4.00. The minimum atomic E-state index is -0.155. The largest absolute Gasteiger partial charge is 0.207 e. The fraction of sp³-hybridized carbons (Fsp3) is 0.280. The second-order valence-corrected chi connectivity index (χ2v) is 5.75. The smallest absolute Gasteiger partial charge is 0.123 e. The molecule has 1 heteroatoms. The van der Waals surface area contributed by atoms with Gasteiger partial charge in [-0.05, 0) is 68.7 Å². The van der Waals surface area contributed by atoms with Crippen LogP contribution in [0.3, 0.4) is 0 Å². The van der Waals surface area contributed by atoms with E-state index in [4.69, 9.17) is 0 Å². The van der Waals surface area contributed by atoms with Gasteiger partial charge in [-0.15, -0.1) is 0 Å². The molecule has 0 unspecified atom stereocenters. The van der Waals surface area contributed by atoms with E-state index in [1.165, 1.54) is 28.5 Å². The second-order valence-electron chi connectivity index (χ2n) is 5.75. The van der Waals surface area contributed by atoms with Gasteiger partial charge in [0.25, 0.3) is 0 Å². The third-order valence-electron chi connectivity index (χ3n) is 3.71. The molecule has 0 N–H and O–H groups in total. The van der Waals surface area contributed by atoms with E-state index in [2.05, 4.69) is 49.4 Å². The lowest BCUT2D eigenvalue weighted by atomic mass is 10.1. The zero-order valence-electron chi connectivity index (χ0n) is 17.3. The molecule has 0 saturated carbocycles. The third-order valence-corrected chi connectivity index (χ3v) is 3.71. The SMILES string of the molecule is CC.CC=CC.Cc1ccc(F)cc1C.Cc1ccc2ccccc2c1. The molecular weight excluding hydrogens is 319 g/mol. The third kappa shape index (κ3) is 9.17. The van der Waals surface area contributed by atoms with Crippen LogP contribution in [0, 0.1) is 26.6 Å². The molecule has 0 fully saturated rings. The maximum Gasteiger partial charge on any atom is 0.123 e. The summed E-state index contributed by atoms with van der Waals surface area (Å²) in [5, 5.41) is 2.64. The van der Waals surface area contributed by atoms with Crippen LogP contribution in [0.4, 0.5) is 4.39 Å². The molecule has 0 nitrogen and oxygen atoms in total. The fourth-order valence-electron chi connectivity index (χ4n) is 2.01. The molecule has 0 amide bonds. The zero-order chi connectivity index (χ0) is 19.9. The molecule has 0 saturated heterocycles. The van der Waals surface area contributed by atoms with Gasteiger partial charge in [0.2, 0.25) is 0 Å². The average Bonchev–Trinajstić information content (AvgIpc) is 2.67. The van der Waals surface area contributed by atoms with Crippen molar-refractivity contribution in [3.8, 4) is 0 Å². The Bertz CT molecular complexity index is 781. The summed E-state index contributed by atoms with van der Waals surface area (Å²) in [7, 11) is 0. The maximum absolute atomic E-state index is 12.3. The molecule has 0 aliphatic heterocycles. The van der Waals surface area contributed by atoms with Crippen LogP contribution in [0.25, 0.3) is 10.8 Å². The maximum atomic E-state index is 12.3. The Balaban J connectivity index is 0.000000377. The summed E-state index contributed by atoms with van der Waals surface area (Å²) in [5.74, 6) is -0.155. The summed E-state index contributed by atoms with van der Waals surface area (Å²) in [5.41, 5.74) is 3.47. The first-order valence-electron chi connectivity index (χ1n) is 9.23. The predicted molar refractivity (Wildman–Crippen MR) is 116 cm³/mol. The Labute approximate surface area is 159 Å². The summed E-state index contributed by atoms with van der Waals surface area (Å²) in [6.45, 7) is 14.0. The Kier molecular flexibility index (Phi) is 12.6. The van der Waals surface area contributed by atoms with Crippen LogP contribution in [-0.2, 0) is 0 Å². The number of hydrogen-bond acceptors (Lipinski definition) is 0. The lowest BCUT2D eigenvalue weighted by molar-refractivity contribution is 0.626. The Morgan fingerprint density at radius 1 is 0.654 bits per heavy atom. The Morgan fingerprint density at radius 3 is 1.73 bits per heavy atom. The molecule has 3 rings (SSSR count). The van der Waals surface area contributed by atoms with Crippen LogP contribution >= 0.6 is 0 Å². The van der Waals surface area contributed by atoms with Crippen LogP contribution < -0.4 is 0 Å². The van der Waals surface area contributed by atoms with Gasteiger partial charge in [0, 0.05) is 0 Å². The summed E-state index contributed by atoms with van der Waals surface area (Å²) in [4.78, 5) is 0. The summed E-state index contributed by atoms with van der Waals surface area (Å²) < 4.78 is 12.3. The van der Waals surface area contributed by atoms with E-state index in [1.54, 1.807) is 6.07 Å². The minimum absolute atomic E-state index is 0.155. The van der Waals surface area contributed by atoms with Crippen LogP contribution in [0.2, 0.25) is 0 Å². The highest BCUT2D eigenvalue weighted by Crippen LogP contribution is 2.14. The fourth-order valence-corrected chi connectivity index (χ4v) is 2.01. The van der Waals surface area contributed by atoms with Gasteiger partial charge in [0.05, 0.1) is 0 Å². The van der Waals surface area contributed by atoms with Gasteiger partial charge in [0.1, 0.15) is 5.82 Å². The minimum Gasteiger partial charge on any atom is -0.207 e. The van der Waals surface area contributed by atoms with Crippen molar-refractivity contribution in [2.45, 2.75) is 48.5 Å². The van der Waals surface area contributed by atoms with E-state index in [-0.39, 0.29) is 5.82 Å². The van der Waals surface area contributed by atoms with Gasteiger partial charge in [-0.25, -0.2) is 4.39 Å². The number of aryl methyl sites for hydroxylation is 3. The molecule has 0 aliphatic carbocycles. The van der Waals surface area contributed by atoms with Crippen molar-refractivity contribution in [3.05, 3.63) is 95.3 Å². The van der Waals surface area contributed by atoms with E-state index in [0.717, 1.165) is 11.1 Å². The molecule has 0 atom stereocenters. The monoisotopic (exact) mass is 352 g/mol. The van der Waals surface area contributed by atoms with Crippen molar-refractivity contribution >= 4 is 10.8 Å². The van der Waals surface area contributed by atoms with E-state index in [9.17, 15) is 4.39 Å². The molecular formula is C25H33F. The first-order chi connectivity index (χ1) is 12.5. The number of halogens is 1. The quantitative estimate of drug-likeness (QED) is 0.358. The van der Waals surface area contributed by atoms with Gasteiger partial charge in [-0.2, -0.15) is 0 Å². The highest BCUT2D eigenvalue weighted by molar-refractivity contribution is 5.82. The van der Waals surface area contributed by atoms with Crippen molar-refractivity contribution in [2.24, 2.45) is 0 Å². The van der Waals surface area contributed by atoms with E-state index >= 15 is 0 Å². The Morgan fingerprint density at radius 2 is 1.23 bits per heavy atom. The lowest BCUT2D eigenvalue weighted by Crippen LogP contribution is -1.80. The van der Waals surface area contributed by atoms with Crippen molar-refractivity contribution in [1.82, 2.24) is 0 Å². The van der Waals surface area contributed by atoms with Gasteiger partial charge in [0.15, 0.2) is 0 Å². The van der Waals surface area contributed by atoms with Gasteiger partial charge in [-0.3, -0.25) is 0 Å². The molecule has 0 heterocycles. The number of hydrogen-bond donors (Lipinski definition) is 0. The molecule has 0 bridgehead atoms. The molecule has 0 aliphatic rings. The van der Waals surface area contributed by atoms with Crippen molar-refractivity contribution in [1.29, 1.82) is 0 Å². The molecule has 140 valence electrons. The van der Waals surface area contributed by atoms with Crippen LogP contribution in [0.1, 0.15) is 44.4 Å². The van der Waals surface area contributed by atoms with Gasteiger partial charge < -0.3 is 0 Å². The lowest BCUT2D eigenvalue weighted by Gasteiger charge is -1.96. The number of fused-ring (bicyclic) bond motifs is 1. The standard InChI is InChI=1S/C11H10.C8H9F.C4H8.C2H6/c1-9-6-7-10-4-2-3-5-11(10)8-9;1-6-3-4-8(9)5-7(6)2;1-3-4-2;1-2/h2-8H,1H3;3-5H,1-2H3;3-4H,1-2H3;1-2H3. The number of allylic oxidation sites excluding steroid dienone is 2. The van der Waals surface area contributed by atoms with Crippen molar-refractivity contribution < 1.29 is 4.39 Å². The predicted octanol–water partition coefficient (Wildman–Crippen LogP) is 8.20. The molecule has 0 spiro atoms. The van der Waals surface area contributed by atoms with E-state index in [0.29, 0.717) is 0 Å². The second kappa shape index (κ2) is 13.8. The number of rotatable bonds is 0. The number of benzene rings is 3. The van der Waals surface area contributed by atoms with Crippen LogP contribution in [0.5, 0.6) is 0 Å².